The number of fused-ring (bicyclic) bond motifs is 1. The van der Waals surface area contributed by atoms with Gasteiger partial charge in [0.25, 0.3) is 0 Å². The highest BCUT2D eigenvalue weighted by Gasteiger charge is 2.38. The normalized spacial score (nSPS) is 23.3. The first-order valence-corrected chi connectivity index (χ1v) is 10.2. The lowest BCUT2D eigenvalue weighted by atomic mass is 9.73. The molecule has 0 saturated heterocycles. The van der Waals surface area contributed by atoms with E-state index in [4.69, 9.17) is 4.74 Å². The van der Waals surface area contributed by atoms with E-state index in [9.17, 15) is 20.1 Å². The molecule has 1 aliphatic heterocycles. The molecule has 3 unspecified atom stereocenters. The standard InChI is InChI=1S/C25H26O5/c1-13(2)17-9-4-14(3)10-18(17)22-20(27)11-21-23(25(22)29)24(28)19(12-30-21)15-5-7-16(26)8-6-15/h5-8,10-11,17-19,26-27,29H,1,4,9,12H2,2-3H3. The first kappa shape index (κ1) is 20.1. The molecule has 3 atom stereocenters. The van der Waals surface area contributed by atoms with Crippen molar-refractivity contribution in [3.63, 3.8) is 0 Å². The van der Waals surface area contributed by atoms with Crippen LogP contribution in [-0.4, -0.2) is 27.7 Å². The van der Waals surface area contributed by atoms with Crippen molar-refractivity contribution in [3.05, 3.63) is 70.8 Å². The average Bonchev–Trinajstić information content (AvgIpc) is 2.68. The minimum atomic E-state index is -0.595. The number of hydrogen-bond donors (Lipinski definition) is 3. The summed E-state index contributed by atoms with van der Waals surface area (Å²) in [7, 11) is 0. The number of phenols is 3. The Morgan fingerprint density at radius 3 is 2.53 bits per heavy atom. The van der Waals surface area contributed by atoms with Gasteiger partial charge in [0.1, 0.15) is 35.2 Å². The number of rotatable bonds is 3. The van der Waals surface area contributed by atoms with E-state index in [1.165, 1.54) is 23.8 Å². The van der Waals surface area contributed by atoms with E-state index < -0.39 is 5.92 Å². The van der Waals surface area contributed by atoms with Crippen LogP contribution in [0.5, 0.6) is 23.0 Å². The highest BCUT2D eigenvalue weighted by atomic mass is 16.5. The van der Waals surface area contributed by atoms with E-state index in [0.29, 0.717) is 11.1 Å². The summed E-state index contributed by atoms with van der Waals surface area (Å²) < 4.78 is 5.75. The molecule has 0 aromatic heterocycles. The fourth-order valence-corrected chi connectivity index (χ4v) is 4.61. The summed E-state index contributed by atoms with van der Waals surface area (Å²) >= 11 is 0. The van der Waals surface area contributed by atoms with Crippen molar-refractivity contribution < 1.29 is 24.9 Å². The van der Waals surface area contributed by atoms with Crippen LogP contribution in [0.4, 0.5) is 0 Å². The van der Waals surface area contributed by atoms with Crippen molar-refractivity contribution >= 4 is 5.78 Å². The van der Waals surface area contributed by atoms with E-state index in [1.807, 2.05) is 13.8 Å². The molecule has 30 heavy (non-hydrogen) atoms. The maximum atomic E-state index is 13.3. The number of benzene rings is 2. The van der Waals surface area contributed by atoms with Gasteiger partial charge >= 0.3 is 0 Å². The second-order valence-electron chi connectivity index (χ2n) is 8.38. The van der Waals surface area contributed by atoms with Gasteiger partial charge in [-0.15, -0.1) is 0 Å². The van der Waals surface area contributed by atoms with Gasteiger partial charge in [-0.25, -0.2) is 0 Å². The Morgan fingerprint density at radius 1 is 1.17 bits per heavy atom. The topological polar surface area (TPSA) is 87.0 Å². The second kappa shape index (κ2) is 7.56. The van der Waals surface area contributed by atoms with Gasteiger partial charge in [0.05, 0.1) is 5.92 Å². The van der Waals surface area contributed by atoms with Crippen LogP contribution in [0.2, 0.25) is 0 Å². The molecular formula is C25H26O5. The van der Waals surface area contributed by atoms with Crippen molar-refractivity contribution in [2.75, 3.05) is 6.61 Å². The first-order valence-electron chi connectivity index (χ1n) is 10.2. The van der Waals surface area contributed by atoms with Crippen LogP contribution in [0.15, 0.2) is 54.1 Å². The Morgan fingerprint density at radius 2 is 1.87 bits per heavy atom. The molecule has 0 radical (unpaired) electrons. The molecule has 2 aromatic carbocycles. The Balaban J connectivity index is 1.82. The third-order valence-corrected chi connectivity index (χ3v) is 6.26. The lowest BCUT2D eigenvalue weighted by Gasteiger charge is -2.33. The first-order chi connectivity index (χ1) is 14.3. The van der Waals surface area contributed by atoms with E-state index >= 15 is 0 Å². The van der Waals surface area contributed by atoms with Crippen LogP contribution in [0.1, 0.15) is 60.0 Å². The summed E-state index contributed by atoms with van der Waals surface area (Å²) in [5, 5.41) is 31.4. The van der Waals surface area contributed by atoms with Crippen LogP contribution < -0.4 is 4.74 Å². The number of ketones is 1. The van der Waals surface area contributed by atoms with Gasteiger partial charge in [0, 0.05) is 17.5 Å². The van der Waals surface area contributed by atoms with Crippen molar-refractivity contribution in [3.8, 4) is 23.0 Å². The number of carbonyl (C=O) groups excluding carboxylic acids is 1. The van der Waals surface area contributed by atoms with Crippen molar-refractivity contribution in [1.29, 1.82) is 0 Å². The van der Waals surface area contributed by atoms with Crippen LogP contribution in [0, 0.1) is 5.92 Å². The van der Waals surface area contributed by atoms with Crippen LogP contribution in [0.25, 0.3) is 0 Å². The summed E-state index contributed by atoms with van der Waals surface area (Å²) in [5.41, 5.74) is 3.31. The third kappa shape index (κ3) is 3.34. The highest BCUT2D eigenvalue weighted by molar-refractivity contribution is 6.07. The maximum Gasteiger partial charge on any atom is 0.181 e. The molecule has 2 aromatic rings. The number of allylic oxidation sites excluding steroid dienone is 3. The monoisotopic (exact) mass is 406 g/mol. The van der Waals surface area contributed by atoms with E-state index in [2.05, 4.69) is 12.7 Å². The molecule has 0 fully saturated rings. The third-order valence-electron chi connectivity index (χ3n) is 6.26. The Hall–Kier alpha value is -3.21. The minimum absolute atomic E-state index is 0.0658. The van der Waals surface area contributed by atoms with Crippen molar-refractivity contribution in [1.82, 2.24) is 0 Å². The predicted molar refractivity (Wildman–Crippen MR) is 114 cm³/mol. The number of hydrogen-bond acceptors (Lipinski definition) is 5. The average molecular weight is 406 g/mol. The predicted octanol–water partition coefficient (Wildman–Crippen LogP) is 5.18. The number of aromatic hydroxyl groups is 3. The maximum absolute atomic E-state index is 13.3. The van der Waals surface area contributed by atoms with Gasteiger partial charge in [0.15, 0.2) is 5.78 Å². The molecule has 0 amide bonds. The number of ether oxygens (including phenoxy) is 1. The molecule has 1 aliphatic carbocycles. The van der Waals surface area contributed by atoms with Gasteiger partial charge in [0.2, 0.25) is 0 Å². The fraction of sp³-hybridized carbons (Fsp3) is 0.320. The molecule has 0 spiro atoms. The molecule has 0 saturated carbocycles. The minimum Gasteiger partial charge on any atom is -0.508 e. The molecule has 4 rings (SSSR count). The van der Waals surface area contributed by atoms with Gasteiger partial charge in [-0.3, -0.25) is 4.79 Å². The molecule has 5 nitrogen and oxygen atoms in total. The Kier molecular flexibility index (Phi) is 5.06. The lowest BCUT2D eigenvalue weighted by molar-refractivity contribution is 0.0891. The van der Waals surface area contributed by atoms with Crippen LogP contribution >= 0.6 is 0 Å². The molecule has 0 bridgehead atoms. The van der Waals surface area contributed by atoms with Crippen molar-refractivity contribution in [2.24, 2.45) is 5.92 Å². The Bertz CT molecular complexity index is 1050. The molecule has 1 heterocycles. The van der Waals surface area contributed by atoms with Gasteiger partial charge in [-0.05, 0) is 50.3 Å². The summed E-state index contributed by atoms with van der Waals surface area (Å²) in [4.78, 5) is 13.3. The number of carbonyl (C=O) groups is 1. The molecular weight excluding hydrogens is 380 g/mol. The SMILES string of the molecule is C=C(C)C1CCC(C)=CC1c1c(O)cc2c(c1O)C(=O)C(c1ccc(O)cc1)CO2. The molecule has 156 valence electrons. The fourth-order valence-electron chi connectivity index (χ4n) is 4.61. The van der Waals surface area contributed by atoms with Gasteiger partial charge in [-0.1, -0.05) is 35.9 Å². The lowest BCUT2D eigenvalue weighted by Crippen LogP contribution is -2.27. The van der Waals surface area contributed by atoms with Crippen LogP contribution in [-0.2, 0) is 0 Å². The van der Waals surface area contributed by atoms with Crippen molar-refractivity contribution in [2.45, 2.75) is 38.5 Å². The zero-order valence-corrected chi connectivity index (χ0v) is 17.2. The molecule has 3 N–H and O–H groups in total. The molecule has 5 heteroatoms. The smallest absolute Gasteiger partial charge is 0.181 e. The van der Waals surface area contributed by atoms with Gasteiger partial charge in [-0.2, -0.15) is 0 Å². The largest absolute Gasteiger partial charge is 0.508 e. The second-order valence-corrected chi connectivity index (χ2v) is 8.38. The molecule has 2 aliphatic rings. The summed E-state index contributed by atoms with van der Waals surface area (Å²) in [6.07, 6.45) is 3.86. The van der Waals surface area contributed by atoms with E-state index in [0.717, 1.165) is 18.4 Å². The van der Waals surface area contributed by atoms with E-state index in [1.54, 1.807) is 12.1 Å². The van der Waals surface area contributed by atoms with E-state index in [-0.39, 0.29) is 52.8 Å². The quantitative estimate of drug-likeness (QED) is 0.612. The Labute approximate surface area is 175 Å². The number of phenolic OH excluding ortho intramolecular Hbond substituents is 3. The van der Waals surface area contributed by atoms with Crippen LogP contribution in [0.3, 0.4) is 0 Å². The summed E-state index contributed by atoms with van der Waals surface area (Å²) in [6.45, 7) is 8.18. The zero-order valence-electron chi connectivity index (χ0n) is 17.2. The summed E-state index contributed by atoms with van der Waals surface area (Å²) in [6, 6.07) is 7.83. The summed E-state index contributed by atoms with van der Waals surface area (Å²) in [5.74, 6) is -1.05. The van der Waals surface area contributed by atoms with Gasteiger partial charge < -0.3 is 20.1 Å². The number of Topliss-reactive ketones (excluding diaryl/α,β-unsaturated/α-hetero) is 1. The highest BCUT2D eigenvalue weighted by Crippen LogP contribution is 2.51. The zero-order chi connectivity index (χ0) is 21.6.